The molecule has 2 fully saturated rings. The number of aliphatic hydroxyl groups excluding tert-OH is 1. The first-order valence-electron chi connectivity index (χ1n) is 13.4. The van der Waals surface area contributed by atoms with Crippen molar-refractivity contribution >= 4 is 24.0 Å². The van der Waals surface area contributed by atoms with E-state index in [4.69, 9.17) is 24.1 Å². The molecule has 0 spiro atoms. The van der Waals surface area contributed by atoms with Gasteiger partial charge >= 0.3 is 12.2 Å². The predicted octanol–water partition coefficient (Wildman–Crippen LogP) is 2.53. The molecule has 4 amide bonds. The Kier molecular flexibility index (Phi) is 10.1. The van der Waals surface area contributed by atoms with E-state index in [0.29, 0.717) is 44.0 Å². The summed E-state index contributed by atoms with van der Waals surface area (Å²) in [5.74, 6) is -0.675. The highest BCUT2D eigenvalue weighted by atomic mass is 16.6. The number of ether oxygens (including phenoxy) is 4. The number of rotatable bonds is 3. The number of aliphatic hydroxyl groups is 1. The highest BCUT2D eigenvalue weighted by Gasteiger charge is 2.40. The Hall–Kier alpha value is -3.22. The van der Waals surface area contributed by atoms with Gasteiger partial charge in [0.1, 0.15) is 11.2 Å². The molecule has 40 heavy (non-hydrogen) atoms. The minimum Gasteiger partial charge on any atom is -0.444 e. The number of fused-ring (bicyclic) bond motifs is 1. The first-order chi connectivity index (χ1) is 18.7. The zero-order chi connectivity index (χ0) is 29.7. The van der Waals surface area contributed by atoms with Crippen molar-refractivity contribution in [3.8, 4) is 0 Å². The van der Waals surface area contributed by atoms with Gasteiger partial charge in [0, 0.05) is 13.1 Å². The lowest BCUT2D eigenvalue weighted by Gasteiger charge is -2.37. The topological polar surface area (TPSA) is 135 Å². The van der Waals surface area contributed by atoms with Gasteiger partial charge in [0.2, 0.25) is 0 Å². The Morgan fingerprint density at radius 3 is 1.68 bits per heavy atom. The lowest BCUT2D eigenvalue weighted by atomic mass is 10.1. The van der Waals surface area contributed by atoms with Crippen LogP contribution in [-0.2, 0) is 18.9 Å². The van der Waals surface area contributed by atoms with Crippen LogP contribution in [0.25, 0.3) is 0 Å². The van der Waals surface area contributed by atoms with Gasteiger partial charge in [0.15, 0.2) is 0 Å². The molecule has 0 aliphatic carbocycles. The van der Waals surface area contributed by atoms with Crippen LogP contribution in [0, 0.1) is 0 Å². The molecule has 0 unspecified atom stereocenters. The Bertz CT molecular complexity index is 1040. The second-order valence-electron chi connectivity index (χ2n) is 11.8. The van der Waals surface area contributed by atoms with Crippen molar-refractivity contribution in [1.29, 1.82) is 0 Å². The van der Waals surface area contributed by atoms with Crippen molar-refractivity contribution in [2.75, 3.05) is 52.7 Å². The van der Waals surface area contributed by atoms with Gasteiger partial charge in [-0.2, -0.15) is 0 Å². The minimum atomic E-state index is -0.616. The maximum Gasteiger partial charge on any atom is 0.410 e. The highest BCUT2D eigenvalue weighted by molar-refractivity contribution is 6.21. The van der Waals surface area contributed by atoms with Crippen molar-refractivity contribution in [3.05, 3.63) is 35.4 Å². The molecule has 4 rings (SSSR count). The largest absolute Gasteiger partial charge is 0.444 e. The highest BCUT2D eigenvalue weighted by Crippen LogP contribution is 2.24. The normalized spacial score (nSPS) is 21.4. The lowest BCUT2D eigenvalue weighted by molar-refractivity contribution is -0.0444. The molecule has 0 aromatic heterocycles. The molecule has 3 aliphatic heterocycles. The Morgan fingerprint density at radius 2 is 1.25 bits per heavy atom. The molecule has 3 aliphatic rings. The molecular formula is C28H41N3O9. The van der Waals surface area contributed by atoms with E-state index in [0.717, 1.165) is 0 Å². The molecular weight excluding hydrogens is 522 g/mol. The SMILES string of the molecule is CC(C)(C)OC(=O)N1CCOC[C@H]1CN1C(=O)c2ccccc2C1=O.CC(C)(C)OC(=O)N1CCOC[C@H]1CO. The second-order valence-corrected chi connectivity index (χ2v) is 11.8. The van der Waals surface area contributed by atoms with Gasteiger partial charge in [-0.05, 0) is 53.7 Å². The first-order valence-corrected chi connectivity index (χ1v) is 13.4. The minimum absolute atomic E-state index is 0.0889. The number of benzene rings is 1. The number of amides is 4. The quantitative estimate of drug-likeness (QED) is 0.551. The van der Waals surface area contributed by atoms with E-state index in [9.17, 15) is 19.2 Å². The predicted molar refractivity (Wildman–Crippen MR) is 144 cm³/mol. The molecule has 2 atom stereocenters. The third-order valence-corrected chi connectivity index (χ3v) is 6.19. The van der Waals surface area contributed by atoms with Crippen LogP contribution < -0.4 is 0 Å². The van der Waals surface area contributed by atoms with E-state index < -0.39 is 23.3 Å². The molecule has 1 aromatic rings. The average molecular weight is 564 g/mol. The number of nitrogens with zero attached hydrogens (tertiary/aromatic N) is 3. The number of carbonyl (C=O) groups is 4. The van der Waals surface area contributed by atoms with Crippen molar-refractivity contribution < 1.29 is 43.2 Å². The van der Waals surface area contributed by atoms with Crippen LogP contribution >= 0.6 is 0 Å². The summed E-state index contributed by atoms with van der Waals surface area (Å²) in [6.07, 6.45) is -0.845. The molecule has 0 bridgehead atoms. The second kappa shape index (κ2) is 13.0. The molecule has 12 nitrogen and oxygen atoms in total. The first kappa shape index (κ1) is 31.3. The van der Waals surface area contributed by atoms with Crippen molar-refractivity contribution in [2.45, 2.75) is 64.8 Å². The van der Waals surface area contributed by atoms with Crippen molar-refractivity contribution in [2.24, 2.45) is 0 Å². The zero-order valence-electron chi connectivity index (χ0n) is 24.2. The monoisotopic (exact) mass is 563 g/mol. The van der Waals surface area contributed by atoms with Crippen LogP contribution in [0.1, 0.15) is 62.3 Å². The van der Waals surface area contributed by atoms with Gasteiger partial charge < -0.3 is 24.1 Å². The van der Waals surface area contributed by atoms with Crippen LogP contribution in [0.15, 0.2) is 24.3 Å². The summed E-state index contributed by atoms with van der Waals surface area (Å²) in [4.78, 5) is 53.4. The molecule has 1 N–H and O–H groups in total. The molecule has 1 aromatic carbocycles. The Morgan fingerprint density at radius 1 is 0.825 bits per heavy atom. The van der Waals surface area contributed by atoms with Crippen molar-refractivity contribution in [1.82, 2.24) is 14.7 Å². The fourth-order valence-electron chi connectivity index (χ4n) is 4.35. The molecule has 0 radical (unpaired) electrons. The fourth-order valence-corrected chi connectivity index (χ4v) is 4.35. The summed E-state index contributed by atoms with van der Waals surface area (Å²) >= 11 is 0. The zero-order valence-corrected chi connectivity index (χ0v) is 24.2. The molecule has 222 valence electrons. The van der Waals surface area contributed by atoms with Crippen LogP contribution in [0.3, 0.4) is 0 Å². The van der Waals surface area contributed by atoms with Crippen molar-refractivity contribution in [3.63, 3.8) is 0 Å². The van der Waals surface area contributed by atoms with Crippen LogP contribution in [0.5, 0.6) is 0 Å². The van der Waals surface area contributed by atoms with Gasteiger partial charge in [0.25, 0.3) is 11.8 Å². The van der Waals surface area contributed by atoms with E-state index >= 15 is 0 Å². The third-order valence-electron chi connectivity index (χ3n) is 6.19. The number of morpholine rings is 2. The summed E-state index contributed by atoms with van der Waals surface area (Å²) in [5.41, 5.74) is -0.328. The van der Waals surface area contributed by atoms with Gasteiger partial charge in [0.05, 0.1) is 62.8 Å². The van der Waals surface area contributed by atoms with E-state index in [2.05, 4.69) is 0 Å². The Balaban J connectivity index is 0.000000252. The molecule has 2 saturated heterocycles. The van der Waals surface area contributed by atoms with Gasteiger partial charge in [-0.15, -0.1) is 0 Å². The average Bonchev–Trinajstić information content (AvgIpc) is 3.12. The summed E-state index contributed by atoms with van der Waals surface area (Å²) in [5, 5.41) is 9.08. The number of hydrogen-bond donors (Lipinski definition) is 1. The number of carbonyl (C=O) groups excluding carboxylic acids is 4. The lowest BCUT2D eigenvalue weighted by Crippen LogP contribution is -2.55. The van der Waals surface area contributed by atoms with Gasteiger partial charge in [-0.25, -0.2) is 9.59 Å². The molecule has 0 saturated carbocycles. The van der Waals surface area contributed by atoms with Crippen LogP contribution in [0.2, 0.25) is 0 Å². The number of hydrogen-bond acceptors (Lipinski definition) is 9. The standard InChI is InChI=1S/C18H22N2O5.C10H19NO4/c1-18(2,3)25-17(23)19-8-9-24-11-12(19)10-20-15(21)13-6-4-5-7-14(13)16(20)22;1-10(2,3)15-9(13)11-4-5-14-7-8(11)6-12/h4-7,12H,8-11H2,1-3H3;8,12H,4-7H2,1-3H3/t12-;8-/m11/s1. The van der Waals surface area contributed by atoms with Crippen LogP contribution in [0.4, 0.5) is 9.59 Å². The van der Waals surface area contributed by atoms with E-state index in [-0.39, 0.29) is 43.7 Å². The smallest absolute Gasteiger partial charge is 0.410 e. The van der Waals surface area contributed by atoms with Gasteiger partial charge in [-0.1, -0.05) is 12.1 Å². The van der Waals surface area contributed by atoms with E-state index in [1.165, 1.54) is 14.7 Å². The summed E-state index contributed by atoms with van der Waals surface area (Å²) < 4.78 is 21.3. The van der Waals surface area contributed by atoms with E-state index in [1.807, 2.05) is 20.8 Å². The fraction of sp³-hybridized carbons (Fsp3) is 0.643. The van der Waals surface area contributed by atoms with E-state index in [1.54, 1.807) is 45.0 Å². The summed E-state index contributed by atoms with van der Waals surface area (Å²) in [7, 11) is 0. The van der Waals surface area contributed by atoms with Crippen LogP contribution in [-0.4, -0.2) is 120 Å². The summed E-state index contributed by atoms with van der Waals surface area (Å²) in [6, 6.07) is 6.02. The molecule has 12 heteroatoms. The summed E-state index contributed by atoms with van der Waals surface area (Å²) in [6.45, 7) is 13.2. The number of imide groups is 1. The molecule has 3 heterocycles. The van der Waals surface area contributed by atoms with Gasteiger partial charge in [-0.3, -0.25) is 24.3 Å². The maximum atomic E-state index is 12.5. The maximum absolute atomic E-state index is 12.5. The Labute approximate surface area is 235 Å². The third kappa shape index (κ3) is 8.15.